The van der Waals surface area contributed by atoms with Gasteiger partial charge >= 0.3 is 0 Å². The molecule has 2 aromatic heterocycles. The van der Waals surface area contributed by atoms with Gasteiger partial charge in [-0.2, -0.15) is 0 Å². The molecular weight excluding hydrogens is 498 g/mol. The quantitative estimate of drug-likeness (QED) is 0.235. The minimum Gasteiger partial charge on any atom is -0.497 e. The molecule has 4 nitrogen and oxygen atoms in total. The van der Waals surface area contributed by atoms with Gasteiger partial charge in [0.15, 0.2) is 0 Å². The number of benzene rings is 3. The summed E-state index contributed by atoms with van der Waals surface area (Å²) >= 11 is 12.3. The Kier molecular flexibility index (Phi) is 6.27. The lowest BCUT2D eigenvalue weighted by atomic mass is 9.97. The van der Waals surface area contributed by atoms with Gasteiger partial charge in [0.1, 0.15) is 16.4 Å². The van der Waals surface area contributed by atoms with Gasteiger partial charge in [-0.1, -0.05) is 65.8 Å². The van der Waals surface area contributed by atoms with Gasteiger partial charge in [-0.15, -0.1) is 0 Å². The number of rotatable bonds is 5. The van der Waals surface area contributed by atoms with Crippen LogP contribution in [-0.4, -0.2) is 21.1 Å². The van der Waals surface area contributed by atoms with Gasteiger partial charge in [0.05, 0.1) is 18.5 Å². The topological polar surface area (TPSA) is 30.6 Å². The van der Waals surface area contributed by atoms with E-state index in [9.17, 15) is 0 Å². The van der Waals surface area contributed by atoms with Crippen molar-refractivity contribution >= 4 is 40.1 Å². The van der Waals surface area contributed by atoms with Gasteiger partial charge in [-0.05, 0) is 73.7 Å². The highest BCUT2D eigenvalue weighted by molar-refractivity contribution is 7.81. The highest BCUT2D eigenvalue weighted by atomic mass is 35.5. The van der Waals surface area contributed by atoms with Crippen LogP contribution in [0.3, 0.4) is 0 Å². The molecule has 0 spiro atoms. The fourth-order valence-corrected chi connectivity index (χ4v) is 5.80. The van der Waals surface area contributed by atoms with Gasteiger partial charge in [0.2, 0.25) is 0 Å². The molecule has 1 aliphatic rings. The predicted octanol–water partition coefficient (Wildman–Crippen LogP) is 8.17. The molecule has 1 N–H and O–H groups in total. The van der Waals surface area contributed by atoms with Crippen LogP contribution in [-0.2, 0) is 13.0 Å². The number of ether oxygens (including phenoxy) is 1. The van der Waals surface area contributed by atoms with E-state index in [2.05, 4.69) is 63.8 Å². The van der Waals surface area contributed by atoms with E-state index in [4.69, 9.17) is 28.6 Å². The molecule has 0 atom stereocenters. The third-order valence-corrected chi connectivity index (χ3v) is 7.72. The van der Waals surface area contributed by atoms with E-state index in [-0.39, 0.29) is 0 Å². The Bertz CT molecular complexity index is 1600. The van der Waals surface area contributed by atoms with Crippen LogP contribution >= 0.6 is 23.8 Å². The Balaban J connectivity index is 1.57. The first-order valence-corrected chi connectivity index (χ1v) is 13.4. The molecule has 0 aliphatic carbocycles. The van der Waals surface area contributed by atoms with E-state index in [0.29, 0.717) is 4.99 Å². The number of nitrogens with zero attached hydrogens (tertiary/aromatic N) is 2. The number of hydrogen-bond donors (Lipinski definition) is 1. The van der Waals surface area contributed by atoms with Crippen LogP contribution in [0.1, 0.15) is 29.7 Å². The molecule has 3 heterocycles. The summed E-state index contributed by atoms with van der Waals surface area (Å²) in [6, 6.07) is 24.8. The van der Waals surface area contributed by atoms with Crippen molar-refractivity contribution in [2.24, 2.45) is 0 Å². The first-order chi connectivity index (χ1) is 18.0. The van der Waals surface area contributed by atoms with Crippen LogP contribution in [0.4, 0.5) is 5.69 Å². The summed E-state index contributed by atoms with van der Waals surface area (Å²) in [5.74, 6) is 0.816. The Labute approximate surface area is 227 Å². The first-order valence-electron chi connectivity index (χ1n) is 12.6. The van der Waals surface area contributed by atoms with Crippen LogP contribution in [0.2, 0.25) is 5.02 Å². The third-order valence-electron chi connectivity index (χ3n) is 7.18. The summed E-state index contributed by atoms with van der Waals surface area (Å²) in [5.41, 5.74) is 10.5. The fourth-order valence-electron chi connectivity index (χ4n) is 5.36. The van der Waals surface area contributed by atoms with Crippen LogP contribution in [0.25, 0.3) is 28.0 Å². The maximum absolute atomic E-state index is 6.21. The number of thiocarbonyl (C=S) groups is 1. The second kappa shape index (κ2) is 9.73. The van der Waals surface area contributed by atoms with Crippen LogP contribution in [0.5, 0.6) is 5.75 Å². The second-order valence-corrected chi connectivity index (χ2v) is 10.4. The SMILES string of the molecule is COc1ccc(NC(=S)c2c(-c3ccc(C)cc3)c3c4n(c(-c5ccc(Cl)cc5)cn24)CCCC3)cc1. The van der Waals surface area contributed by atoms with Gasteiger partial charge in [-0.25, -0.2) is 0 Å². The Morgan fingerprint density at radius 3 is 2.32 bits per heavy atom. The van der Waals surface area contributed by atoms with E-state index in [1.165, 1.54) is 33.6 Å². The van der Waals surface area contributed by atoms with Gasteiger partial charge in [0.25, 0.3) is 0 Å². The number of imidazole rings is 1. The third kappa shape index (κ3) is 4.32. The summed E-state index contributed by atoms with van der Waals surface area (Å²) in [7, 11) is 1.67. The molecule has 1 aliphatic heterocycles. The molecule has 5 aromatic rings. The lowest BCUT2D eigenvalue weighted by Crippen LogP contribution is -2.14. The van der Waals surface area contributed by atoms with Crippen molar-refractivity contribution in [2.45, 2.75) is 32.7 Å². The van der Waals surface area contributed by atoms with Gasteiger partial charge < -0.3 is 14.6 Å². The average molecular weight is 526 g/mol. The van der Waals surface area contributed by atoms with E-state index in [0.717, 1.165) is 53.5 Å². The molecule has 0 radical (unpaired) electrons. The van der Waals surface area contributed by atoms with Crippen molar-refractivity contribution in [3.8, 4) is 28.1 Å². The van der Waals surface area contributed by atoms with Crippen LogP contribution < -0.4 is 10.1 Å². The smallest absolute Gasteiger partial charge is 0.128 e. The summed E-state index contributed by atoms with van der Waals surface area (Å²) in [4.78, 5) is 0.697. The molecule has 0 fully saturated rings. The molecule has 0 saturated carbocycles. The minimum absolute atomic E-state index is 0.697. The highest BCUT2D eigenvalue weighted by Crippen LogP contribution is 2.40. The summed E-state index contributed by atoms with van der Waals surface area (Å²) in [6.07, 6.45) is 5.53. The van der Waals surface area contributed by atoms with E-state index < -0.39 is 0 Å². The molecular formula is C31H28ClN3OS. The summed E-state index contributed by atoms with van der Waals surface area (Å²) in [6.45, 7) is 3.09. The van der Waals surface area contributed by atoms with Crippen molar-refractivity contribution in [2.75, 3.05) is 12.4 Å². The van der Waals surface area contributed by atoms with E-state index in [1.807, 2.05) is 36.4 Å². The van der Waals surface area contributed by atoms with E-state index in [1.54, 1.807) is 7.11 Å². The van der Waals surface area contributed by atoms with Gasteiger partial charge in [-0.3, -0.25) is 4.40 Å². The Morgan fingerprint density at radius 2 is 1.62 bits per heavy atom. The standard InChI is InChI=1S/C31H28ClN3OS/c1-20-6-8-22(9-7-20)28-26-5-3-4-18-34-27(21-10-12-23(32)13-11-21)19-35(31(26)34)29(28)30(37)33-24-14-16-25(36-2)17-15-24/h6-17,19H,3-5,18H2,1-2H3,(H,33,37). The zero-order valence-electron chi connectivity index (χ0n) is 20.9. The predicted molar refractivity (Wildman–Crippen MR) is 157 cm³/mol. The number of anilines is 1. The number of methoxy groups -OCH3 is 1. The van der Waals surface area contributed by atoms with Crippen molar-refractivity contribution in [3.63, 3.8) is 0 Å². The normalized spacial score (nSPS) is 12.9. The largest absolute Gasteiger partial charge is 0.497 e. The van der Waals surface area contributed by atoms with Crippen molar-refractivity contribution in [1.82, 2.24) is 8.97 Å². The lowest BCUT2D eigenvalue weighted by molar-refractivity contribution is 0.415. The molecule has 6 rings (SSSR count). The summed E-state index contributed by atoms with van der Waals surface area (Å²) < 4.78 is 10.1. The summed E-state index contributed by atoms with van der Waals surface area (Å²) in [5, 5.41) is 4.24. The van der Waals surface area contributed by atoms with Crippen LogP contribution in [0.15, 0.2) is 79.0 Å². The molecule has 6 heteroatoms. The maximum Gasteiger partial charge on any atom is 0.128 e. The Morgan fingerprint density at radius 1 is 0.919 bits per heavy atom. The first kappa shape index (κ1) is 23.8. The molecule has 0 saturated heterocycles. The number of hydrogen-bond acceptors (Lipinski definition) is 2. The second-order valence-electron chi connectivity index (χ2n) is 9.57. The number of aryl methyl sites for hydroxylation is 3. The molecule has 0 unspecified atom stereocenters. The van der Waals surface area contributed by atoms with E-state index >= 15 is 0 Å². The highest BCUT2D eigenvalue weighted by Gasteiger charge is 2.28. The van der Waals surface area contributed by atoms with Crippen LogP contribution in [0, 0.1) is 6.92 Å². The fraction of sp³-hybridized carbons (Fsp3) is 0.194. The lowest BCUT2D eigenvalue weighted by Gasteiger charge is -2.13. The molecule has 0 bridgehead atoms. The maximum atomic E-state index is 6.21. The van der Waals surface area contributed by atoms with Crippen molar-refractivity contribution in [3.05, 3.63) is 101 Å². The number of halogens is 1. The molecule has 37 heavy (non-hydrogen) atoms. The zero-order valence-corrected chi connectivity index (χ0v) is 22.5. The molecule has 186 valence electrons. The number of nitrogens with one attached hydrogen (secondary N) is 1. The Hall–Kier alpha value is -3.54. The minimum atomic E-state index is 0.697. The monoisotopic (exact) mass is 525 g/mol. The number of aromatic nitrogens is 2. The van der Waals surface area contributed by atoms with Gasteiger partial charge in [0, 0.05) is 34.6 Å². The molecule has 3 aromatic carbocycles. The molecule has 0 amide bonds. The zero-order chi connectivity index (χ0) is 25.5. The average Bonchev–Trinajstić information content (AvgIpc) is 3.33. The van der Waals surface area contributed by atoms with Crippen molar-refractivity contribution < 1.29 is 4.74 Å². The van der Waals surface area contributed by atoms with Crippen molar-refractivity contribution in [1.29, 1.82) is 0 Å².